The summed E-state index contributed by atoms with van der Waals surface area (Å²) in [7, 11) is 1.58. The third-order valence-corrected chi connectivity index (χ3v) is 2.24. The van der Waals surface area contributed by atoms with Crippen molar-refractivity contribution in [1.29, 1.82) is 0 Å². The summed E-state index contributed by atoms with van der Waals surface area (Å²) in [6, 6.07) is 7.34. The smallest absolute Gasteiger partial charge is 0.407 e. The lowest BCUT2D eigenvalue weighted by Crippen LogP contribution is -2.22. The molecule has 0 aliphatic carbocycles. The fourth-order valence-electron chi connectivity index (χ4n) is 1.45. The Bertz CT molecular complexity index is 385. The summed E-state index contributed by atoms with van der Waals surface area (Å²) >= 11 is 0. The Kier molecular flexibility index (Phi) is 5.33. The minimum atomic E-state index is -0.395. The van der Waals surface area contributed by atoms with Crippen molar-refractivity contribution in [3.8, 4) is 11.5 Å². The van der Waals surface area contributed by atoms with Crippen LogP contribution in [0.4, 0.5) is 4.79 Å². The highest BCUT2D eigenvalue weighted by Gasteiger charge is 2.23. The number of carbonyl (C=O) groups excluding carboxylic acids is 1. The first-order chi connectivity index (χ1) is 7.79. The maximum Gasteiger partial charge on any atom is 0.407 e. The quantitative estimate of drug-likeness (QED) is 0.841. The van der Waals surface area contributed by atoms with Crippen molar-refractivity contribution in [1.82, 2.24) is 5.32 Å². The first-order valence-corrected chi connectivity index (χ1v) is 5.00. The number of ether oxygens (including phenoxy) is 3. The molecule has 2 rings (SSSR count). The predicted octanol–water partition coefficient (Wildman–Crippen LogP) is 1.80. The maximum atomic E-state index is 10.8. The van der Waals surface area contributed by atoms with Gasteiger partial charge < -0.3 is 19.5 Å². The Morgan fingerprint density at radius 2 is 2.12 bits per heavy atom. The van der Waals surface area contributed by atoms with E-state index in [4.69, 9.17) is 14.2 Å². The fourth-order valence-corrected chi connectivity index (χ4v) is 1.45. The molecule has 1 saturated heterocycles. The molecular weight excluding hydrogens is 337 g/mol. The number of benzene rings is 1. The van der Waals surface area contributed by atoms with Crippen LogP contribution >= 0.6 is 24.0 Å². The molecule has 1 aliphatic heterocycles. The molecule has 1 aliphatic rings. The highest BCUT2D eigenvalue weighted by molar-refractivity contribution is 14.0. The number of halogens is 1. The Labute approximate surface area is 116 Å². The molecule has 6 heteroatoms. The van der Waals surface area contributed by atoms with Gasteiger partial charge in [-0.25, -0.2) is 4.79 Å². The van der Waals surface area contributed by atoms with Crippen LogP contribution in [-0.2, 0) is 4.74 Å². The molecule has 94 valence electrons. The summed E-state index contributed by atoms with van der Waals surface area (Å²) in [5.74, 6) is 1.31. The number of rotatable bonds is 4. The van der Waals surface area contributed by atoms with Gasteiger partial charge >= 0.3 is 6.09 Å². The third kappa shape index (κ3) is 3.65. The second kappa shape index (κ2) is 6.53. The van der Waals surface area contributed by atoms with E-state index in [9.17, 15) is 4.79 Å². The van der Waals surface area contributed by atoms with Gasteiger partial charge in [-0.15, -0.1) is 24.0 Å². The zero-order valence-electron chi connectivity index (χ0n) is 9.34. The average molecular weight is 351 g/mol. The van der Waals surface area contributed by atoms with Crippen molar-refractivity contribution in [3.63, 3.8) is 0 Å². The van der Waals surface area contributed by atoms with E-state index in [2.05, 4.69) is 5.32 Å². The molecule has 0 radical (unpaired) electrons. The number of carbonyl (C=O) groups is 1. The third-order valence-electron chi connectivity index (χ3n) is 2.24. The van der Waals surface area contributed by atoms with Crippen LogP contribution in [-0.4, -0.2) is 32.5 Å². The number of hydrogen-bond acceptors (Lipinski definition) is 4. The highest BCUT2D eigenvalue weighted by Crippen LogP contribution is 2.25. The maximum absolute atomic E-state index is 10.8. The van der Waals surface area contributed by atoms with E-state index < -0.39 is 6.09 Å². The first kappa shape index (κ1) is 13.9. The summed E-state index contributed by atoms with van der Waals surface area (Å²) in [6.07, 6.45) is -0.633. The van der Waals surface area contributed by atoms with Crippen molar-refractivity contribution in [2.24, 2.45) is 0 Å². The normalized spacial score (nSPS) is 17.7. The summed E-state index contributed by atoms with van der Waals surface area (Å²) in [4.78, 5) is 10.8. The zero-order chi connectivity index (χ0) is 11.4. The molecule has 1 atom stereocenters. The molecule has 1 aromatic rings. The van der Waals surface area contributed by atoms with Crippen molar-refractivity contribution < 1.29 is 19.0 Å². The lowest BCUT2D eigenvalue weighted by molar-refractivity contribution is 0.103. The highest BCUT2D eigenvalue weighted by atomic mass is 127. The number of nitrogens with one attached hydrogen (secondary N) is 1. The lowest BCUT2D eigenvalue weighted by Gasteiger charge is -2.12. The molecule has 1 heterocycles. The van der Waals surface area contributed by atoms with E-state index in [1.807, 2.05) is 24.3 Å². The van der Waals surface area contributed by atoms with Crippen LogP contribution in [0.25, 0.3) is 0 Å². The minimum absolute atomic E-state index is 0. The van der Waals surface area contributed by atoms with Crippen LogP contribution in [0.2, 0.25) is 0 Å². The van der Waals surface area contributed by atoms with E-state index in [-0.39, 0.29) is 30.1 Å². The van der Waals surface area contributed by atoms with Gasteiger partial charge in [0.25, 0.3) is 0 Å². The van der Waals surface area contributed by atoms with Gasteiger partial charge in [-0.05, 0) is 12.1 Å². The van der Waals surface area contributed by atoms with Crippen LogP contribution in [0.5, 0.6) is 11.5 Å². The Morgan fingerprint density at radius 1 is 1.41 bits per heavy atom. The van der Waals surface area contributed by atoms with E-state index in [1.54, 1.807) is 7.11 Å². The molecule has 17 heavy (non-hydrogen) atoms. The topological polar surface area (TPSA) is 56.8 Å². The van der Waals surface area contributed by atoms with Gasteiger partial charge in [0, 0.05) is 0 Å². The van der Waals surface area contributed by atoms with Crippen molar-refractivity contribution in [3.05, 3.63) is 24.3 Å². The van der Waals surface area contributed by atoms with Gasteiger partial charge in [0.15, 0.2) is 17.6 Å². The predicted molar refractivity (Wildman–Crippen MR) is 72.2 cm³/mol. The van der Waals surface area contributed by atoms with Gasteiger partial charge in [-0.1, -0.05) is 12.1 Å². The first-order valence-electron chi connectivity index (χ1n) is 5.00. The minimum Gasteiger partial charge on any atom is -0.493 e. The van der Waals surface area contributed by atoms with Gasteiger partial charge in [-0.3, -0.25) is 0 Å². The number of cyclic esters (lactones) is 1. The van der Waals surface area contributed by atoms with Gasteiger partial charge in [0.05, 0.1) is 13.7 Å². The van der Waals surface area contributed by atoms with Crippen LogP contribution in [0.15, 0.2) is 24.3 Å². The molecule has 1 unspecified atom stereocenters. The molecule has 1 amide bonds. The Hall–Kier alpha value is -1.18. The molecule has 5 nitrogen and oxygen atoms in total. The number of para-hydroxylation sites is 2. The second-order valence-corrected chi connectivity index (χ2v) is 3.37. The van der Waals surface area contributed by atoms with Gasteiger partial charge in [-0.2, -0.15) is 0 Å². The largest absolute Gasteiger partial charge is 0.493 e. The summed E-state index contributed by atoms with van der Waals surface area (Å²) < 4.78 is 15.6. The molecule has 1 aromatic carbocycles. The molecule has 1 fully saturated rings. The fraction of sp³-hybridized carbons (Fsp3) is 0.364. The molecule has 0 aromatic heterocycles. The summed E-state index contributed by atoms with van der Waals surface area (Å²) in [6.45, 7) is 0.799. The van der Waals surface area contributed by atoms with Gasteiger partial charge in [0.2, 0.25) is 0 Å². The van der Waals surface area contributed by atoms with Crippen LogP contribution < -0.4 is 14.8 Å². The standard InChI is InChI=1S/C11H13NO4.HI/c1-14-9-4-2-3-5-10(9)15-7-8-6-12-11(13)16-8;/h2-5,8H,6-7H2,1H3,(H,12,13);1H. The van der Waals surface area contributed by atoms with Crippen LogP contribution in [0.1, 0.15) is 0 Å². The Balaban J connectivity index is 0.00000144. The SMILES string of the molecule is COc1ccccc1OCC1CNC(=O)O1.I. The van der Waals surface area contributed by atoms with Crippen molar-refractivity contribution >= 4 is 30.1 Å². The van der Waals surface area contributed by atoms with Crippen molar-refractivity contribution in [2.45, 2.75) is 6.10 Å². The lowest BCUT2D eigenvalue weighted by atomic mass is 10.3. The number of hydrogen-bond donors (Lipinski definition) is 1. The number of methoxy groups -OCH3 is 1. The molecule has 0 saturated carbocycles. The van der Waals surface area contributed by atoms with Crippen LogP contribution in [0.3, 0.4) is 0 Å². The van der Waals surface area contributed by atoms with E-state index in [0.717, 1.165) is 0 Å². The molecule has 1 N–H and O–H groups in total. The molecular formula is C11H14INO4. The summed E-state index contributed by atoms with van der Waals surface area (Å²) in [5, 5.41) is 2.56. The number of amides is 1. The second-order valence-electron chi connectivity index (χ2n) is 3.37. The van der Waals surface area contributed by atoms with Crippen LogP contribution in [0, 0.1) is 0 Å². The molecule has 0 spiro atoms. The Morgan fingerprint density at radius 3 is 2.71 bits per heavy atom. The van der Waals surface area contributed by atoms with E-state index in [1.165, 1.54) is 0 Å². The summed E-state index contributed by atoms with van der Waals surface area (Å²) in [5.41, 5.74) is 0. The van der Waals surface area contributed by atoms with E-state index in [0.29, 0.717) is 24.7 Å². The van der Waals surface area contributed by atoms with E-state index >= 15 is 0 Å². The molecule has 0 bridgehead atoms. The monoisotopic (exact) mass is 351 g/mol. The average Bonchev–Trinajstić information content (AvgIpc) is 2.73. The number of alkyl carbamates (subject to hydrolysis) is 1. The zero-order valence-corrected chi connectivity index (χ0v) is 11.7. The van der Waals surface area contributed by atoms with Gasteiger partial charge in [0.1, 0.15) is 6.61 Å². The van der Waals surface area contributed by atoms with Crippen molar-refractivity contribution in [2.75, 3.05) is 20.3 Å².